The van der Waals surface area contributed by atoms with Gasteiger partial charge in [-0.2, -0.15) is 0 Å². The number of aromatic amines is 1. The number of likely N-dealkylation sites (tertiary alicyclic amines) is 1. The van der Waals surface area contributed by atoms with Crippen LogP contribution in [0.3, 0.4) is 0 Å². The van der Waals surface area contributed by atoms with Crippen molar-refractivity contribution in [3.63, 3.8) is 0 Å². The molecule has 2 N–H and O–H groups in total. The highest BCUT2D eigenvalue weighted by Gasteiger charge is 2.44. The van der Waals surface area contributed by atoms with E-state index in [0.717, 1.165) is 47.0 Å². The van der Waals surface area contributed by atoms with E-state index in [2.05, 4.69) is 32.6 Å². The molecule has 8 heteroatoms. The predicted octanol–water partition coefficient (Wildman–Crippen LogP) is 3.17. The Kier molecular flexibility index (Phi) is 5.08. The minimum absolute atomic E-state index is 0.0398. The summed E-state index contributed by atoms with van der Waals surface area (Å²) in [4.78, 5) is 41.1. The Labute approximate surface area is 197 Å². The number of rotatable bonds is 4. The molecule has 2 aliphatic heterocycles. The van der Waals surface area contributed by atoms with E-state index in [9.17, 15) is 9.59 Å². The monoisotopic (exact) mass is 457 g/mol. The number of hydrogen-bond acceptors (Lipinski definition) is 5. The number of carbonyl (C=O) groups is 2. The van der Waals surface area contributed by atoms with Crippen molar-refractivity contribution >= 4 is 28.4 Å². The van der Waals surface area contributed by atoms with E-state index in [0.29, 0.717) is 18.7 Å². The average molecular weight is 458 g/mol. The first kappa shape index (κ1) is 20.9. The molecule has 3 aliphatic rings. The molecule has 174 valence electrons. The van der Waals surface area contributed by atoms with E-state index in [1.165, 1.54) is 0 Å². The topological polar surface area (TPSA) is 99.7 Å². The summed E-state index contributed by atoms with van der Waals surface area (Å²) in [5.74, 6) is 0.155. The first-order valence-corrected chi connectivity index (χ1v) is 11.9. The Bertz CT molecular complexity index is 1280. The lowest BCUT2D eigenvalue weighted by molar-refractivity contribution is -0.132. The molecule has 2 fully saturated rings. The second-order valence-electron chi connectivity index (χ2n) is 9.65. The number of hydrogen-bond donors (Lipinski definition) is 2. The van der Waals surface area contributed by atoms with Gasteiger partial charge in [0, 0.05) is 53.9 Å². The normalized spacial score (nSPS) is 25.8. The Balaban J connectivity index is 1.09. The van der Waals surface area contributed by atoms with Crippen molar-refractivity contribution in [3.05, 3.63) is 65.6 Å². The van der Waals surface area contributed by atoms with Crippen molar-refractivity contribution in [2.24, 2.45) is 11.1 Å². The van der Waals surface area contributed by atoms with Crippen LogP contribution >= 0.6 is 0 Å². The summed E-state index contributed by atoms with van der Waals surface area (Å²) < 4.78 is 0. The minimum Gasteiger partial charge on any atom is -0.382 e. The van der Waals surface area contributed by atoms with Crippen LogP contribution in [-0.4, -0.2) is 57.1 Å². The molecule has 2 aromatic heterocycles. The third-order valence-corrected chi connectivity index (χ3v) is 7.38. The van der Waals surface area contributed by atoms with Gasteiger partial charge >= 0.3 is 0 Å². The summed E-state index contributed by atoms with van der Waals surface area (Å²) in [7, 11) is 0. The Morgan fingerprint density at radius 2 is 2.12 bits per heavy atom. The SMILES string of the molecule is Cc1ccc2cc(C(=O)N3CC4CC3CCC4NC(=O)C3CC(c4cccnc4)=NO3)[nH]c2c1. The smallest absolute Gasteiger partial charge is 0.270 e. The second-order valence-corrected chi connectivity index (χ2v) is 9.65. The van der Waals surface area contributed by atoms with Crippen LogP contribution in [-0.2, 0) is 9.63 Å². The number of amides is 2. The fraction of sp³-hybridized carbons (Fsp3) is 0.385. The lowest BCUT2D eigenvalue weighted by Crippen LogP contribution is -2.46. The maximum absolute atomic E-state index is 13.3. The highest BCUT2D eigenvalue weighted by Crippen LogP contribution is 2.37. The van der Waals surface area contributed by atoms with Crippen molar-refractivity contribution in [3.8, 4) is 0 Å². The average Bonchev–Trinajstić information content (AvgIpc) is 3.58. The van der Waals surface area contributed by atoms with Crippen molar-refractivity contribution < 1.29 is 14.4 Å². The largest absolute Gasteiger partial charge is 0.382 e. The van der Waals surface area contributed by atoms with E-state index < -0.39 is 6.10 Å². The number of pyridine rings is 1. The van der Waals surface area contributed by atoms with Crippen molar-refractivity contribution in [2.75, 3.05) is 6.54 Å². The van der Waals surface area contributed by atoms with Gasteiger partial charge < -0.3 is 20.0 Å². The fourth-order valence-electron chi connectivity index (χ4n) is 5.57. The number of oxime groups is 1. The highest BCUT2D eigenvalue weighted by molar-refractivity contribution is 6.04. The van der Waals surface area contributed by atoms with Crippen molar-refractivity contribution in [1.29, 1.82) is 0 Å². The van der Waals surface area contributed by atoms with Gasteiger partial charge in [0.2, 0.25) is 6.10 Å². The quantitative estimate of drug-likeness (QED) is 0.629. The Morgan fingerprint density at radius 3 is 2.97 bits per heavy atom. The fourth-order valence-corrected chi connectivity index (χ4v) is 5.57. The first-order chi connectivity index (χ1) is 16.5. The van der Waals surface area contributed by atoms with Gasteiger partial charge in [-0.05, 0) is 61.9 Å². The molecule has 34 heavy (non-hydrogen) atoms. The number of H-pyrrole nitrogens is 1. The lowest BCUT2D eigenvalue weighted by Gasteiger charge is -2.29. The predicted molar refractivity (Wildman–Crippen MR) is 127 cm³/mol. The van der Waals surface area contributed by atoms with Crippen LogP contribution in [0.4, 0.5) is 0 Å². The lowest BCUT2D eigenvalue weighted by atomic mass is 9.85. The number of nitrogens with one attached hydrogen (secondary N) is 2. The van der Waals surface area contributed by atoms with Gasteiger partial charge in [0.05, 0.1) is 5.71 Å². The molecule has 1 saturated heterocycles. The van der Waals surface area contributed by atoms with E-state index in [1.807, 2.05) is 36.1 Å². The third kappa shape index (κ3) is 3.73. The third-order valence-electron chi connectivity index (χ3n) is 7.38. The molecule has 4 heterocycles. The number of aromatic nitrogens is 2. The van der Waals surface area contributed by atoms with Crippen LogP contribution in [0.2, 0.25) is 0 Å². The standard InChI is InChI=1S/C26H27N5O3/c1-15-4-5-16-11-23(28-21(16)9-15)26(33)31-14-18-10-19(31)6-7-20(18)29-25(32)24-12-22(30-34-24)17-3-2-8-27-13-17/h2-5,8-9,11,13,18-20,24,28H,6-7,10,12,14H2,1H3,(H,29,32). The number of benzene rings is 1. The number of aryl methyl sites for hydroxylation is 1. The van der Waals surface area contributed by atoms with E-state index in [-0.39, 0.29) is 29.8 Å². The van der Waals surface area contributed by atoms with Crippen LogP contribution in [0.5, 0.6) is 0 Å². The van der Waals surface area contributed by atoms with Crippen LogP contribution in [0.25, 0.3) is 10.9 Å². The molecule has 3 aromatic rings. The van der Waals surface area contributed by atoms with Gasteiger partial charge in [-0.1, -0.05) is 17.3 Å². The second kappa shape index (κ2) is 8.27. The summed E-state index contributed by atoms with van der Waals surface area (Å²) in [6.07, 6.45) is 5.90. The molecular weight excluding hydrogens is 430 g/mol. The minimum atomic E-state index is -0.623. The summed E-state index contributed by atoms with van der Waals surface area (Å²) in [6.45, 7) is 2.70. The Hall–Kier alpha value is -3.68. The molecule has 4 atom stereocenters. The van der Waals surface area contributed by atoms with Gasteiger partial charge in [0.1, 0.15) is 5.69 Å². The molecule has 0 spiro atoms. The molecule has 4 unspecified atom stereocenters. The highest BCUT2D eigenvalue weighted by atomic mass is 16.6. The zero-order valence-corrected chi connectivity index (χ0v) is 19.0. The molecule has 6 rings (SSSR count). The van der Waals surface area contributed by atoms with Crippen LogP contribution in [0, 0.1) is 12.8 Å². The molecule has 8 nitrogen and oxygen atoms in total. The number of fused-ring (bicyclic) bond motifs is 3. The summed E-state index contributed by atoms with van der Waals surface area (Å²) in [5.41, 5.74) is 4.39. The van der Waals surface area contributed by atoms with Crippen LogP contribution in [0.1, 0.15) is 47.3 Å². The number of carbonyl (C=O) groups excluding carboxylic acids is 2. The zero-order chi connectivity index (χ0) is 23.2. The molecule has 0 radical (unpaired) electrons. The molecule has 1 aromatic carbocycles. The maximum atomic E-state index is 13.3. The van der Waals surface area contributed by atoms with E-state index in [4.69, 9.17) is 4.84 Å². The van der Waals surface area contributed by atoms with Gasteiger partial charge in [0.15, 0.2) is 0 Å². The molecule has 2 amide bonds. The summed E-state index contributed by atoms with van der Waals surface area (Å²) in [6, 6.07) is 12.1. The molecular formula is C26H27N5O3. The van der Waals surface area contributed by atoms with Crippen molar-refractivity contribution in [1.82, 2.24) is 20.2 Å². The molecule has 2 bridgehead atoms. The van der Waals surface area contributed by atoms with Gasteiger partial charge in [-0.25, -0.2) is 0 Å². The Morgan fingerprint density at radius 1 is 1.21 bits per heavy atom. The summed E-state index contributed by atoms with van der Waals surface area (Å²) in [5, 5.41) is 8.34. The molecule has 1 saturated carbocycles. The van der Waals surface area contributed by atoms with E-state index in [1.54, 1.807) is 12.4 Å². The van der Waals surface area contributed by atoms with Gasteiger partial charge in [0.25, 0.3) is 11.8 Å². The van der Waals surface area contributed by atoms with Gasteiger partial charge in [-0.15, -0.1) is 0 Å². The first-order valence-electron chi connectivity index (χ1n) is 11.9. The zero-order valence-electron chi connectivity index (χ0n) is 19.0. The van der Waals surface area contributed by atoms with E-state index >= 15 is 0 Å². The van der Waals surface area contributed by atoms with Gasteiger partial charge in [-0.3, -0.25) is 14.6 Å². The van der Waals surface area contributed by atoms with Crippen LogP contribution < -0.4 is 5.32 Å². The maximum Gasteiger partial charge on any atom is 0.270 e. The molecule has 1 aliphatic carbocycles. The van der Waals surface area contributed by atoms with Crippen molar-refractivity contribution in [2.45, 2.75) is 50.8 Å². The summed E-state index contributed by atoms with van der Waals surface area (Å²) >= 11 is 0. The number of nitrogens with zero attached hydrogens (tertiary/aromatic N) is 3. The van der Waals surface area contributed by atoms with Crippen LogP contribution in [0.15, 0.2) is 53.9 Å².